The summed E-state index contributed by atoms with van der Waals surface area (Å²) in [4.78, 5) is 13.4. The van der Waals surface area contributed by atoms with Gasteiger partial charge in [0.05, 0.1) is 27.4 Å². The van der Waals surface area contributed by atoms with E-state index in [1.165, 1.54) is 0 Å². The van der Waals surface area contributed by atoms with Crippen LogP contribution in [0.1, 0.15) is 83.7 Å². The van der Waals surface area contributed by atoms with E-state index in [1.54, 1.807) is 14.2 Å². The van der Waals surface area contributed by atoms with E-state index in [-0.39, 0.29) is 11.5 Å². The number of rotatable bonds is 8. The predicted octanol–water partition coefficient (Wildman–Crippen LogP) is 8.65. The average molecular weight is 705 g/mol. The van der Waals surface area contributed by atoms with Gasteiger partial charge in [-0.3, -0.25) is 4.79 Å². The van der Waals surface area contributed by atoms with E-state index >= 15 is 0 Å². The third-order valence-electron chi connectivity index (χ3n) is 9.51. The minimum Gasteiger partial charge on any atom is -0.504 e. The summed E-state index contributed by atoms with van der Waals surface area (Å²) in [6.07, 6.45) is 1.88. The largest absolute Gasteiger partial charge is 0.504 e. The number of methoxy groups -OCH3 is 2. The first kappa shape index (κ1) is 32.8. The number of carbonyl (C=O) groups is 1. The first-order chi connectivity index (χ1) is 19.8. The van der Waals surface area contributed by atoms with E-state index < -0.39 is 19.3 Å². The summed E-state index contributed by atoms with van der Waals surface area (Å²) in [7, 11) is 1.21. The van der Waals surface area contributed by atoms with Crippen molar-refractivity contribution in [2.24, 2.45) is 0 Å². The molecule has 1 aliphatic carbocycles. The van der Waals surface area contributed by atoms with Crippen LogP contribution in [0.3, 0.4) is 0 Å². The molecule has 1 heterocycles. The number of benzene rings is 2. The van der Waals surface area contributed by atoms with Crippen molar-refractivity contribution in [3.05, 3.63) is 44.7 Å². The second-order valence-electron chi connectivity index (χ2n) is 12.7. The third-order valence-corrected chi connectivity index (χ3v) is 17.5. The van der Waals surface area contributed by atoms with E-state index in [9.17, 15) is 9.90 Å². The van der Waals surface area contributed by atoms with E-state index in [2.05, 4.69) is 82.5 Å². The molecule has 2 aromatic rings. The Morgan fingerprint density at radius 2 is 1.48 bits per heavy atom. The lowest BCUT2D eigenvalue weighted by Gasteiger charge is -2.41. The topological polar surface area (TPSA) is 74.2 Å². The molecule has 0 aromatic heterocycles. The average Bonchev–Trinajstić information content (AvgIpc) is 2.97. The molecule has 1 aliphatic heterocycles. The van der Waals surface area contributed by atoms with Crippen LogP contribution in [0.25, 0.3) is 10.8 Å². The number of hydrogen-bond donors (Lipinski definition) is 1. The Bertz CT molecular complexity index is 1420. The van der Waals surface area contributed by atoms with Crippen LogP contribution in [0.15, 0.2) is 33.6 Å². The number of Topliss-reactive ketones (excluding diaryl/α,β-unsaturated/α-hetero) is 1. The summed E-state index contributed by atoms with van der Waals surface area (Å²) in [5, 5.41) is 12.7. The molecule has 1 N–H and O–H groups in total. The number of halogens is 1. The number of ketones is 1. The lowest BCUT2D eigenvalue weighted by Crippen LogP contribution is -2.46. The van der Waals surface area contributed by atoms with Crippen LogP contribution < -0.4 is 9.47 Å². The maximum absolute atomic E-state index is 13.4. The first-order valence-corrected chi connectivity index (χ1v) is 18.2. The molecule has 1 atom stereocenters. The van der Waals surface area contributed by atoms with Gasteiger partial charge in [0.1, 0.15) is 19.6 Å². The molecular weight excluding hydrogens is 659 g/mol. The Morgan fingerprint density at radius 3 is 1.98 bits per heavy atom. The van der Waals surface area contributed by atoms with Crippen molar-refractivity contribution in [1.82, 2.24) is 0 Å². The molecular formula is C34H45IO6Si. The fourth-order valence-corrected chi connectivity index (χ4v) is 13.2. The summed E-state index contributed by atoms with van der Waals surface area (Å²) in [5.41, 5.74) is 5.91. The summed E-state index contributed by atoms with van der Waals surface area (Å²) >= 11 is 2.13. The standard InChI is InChI=1S/C34H45IO6Si/c1-21(2)42(22(3)4,23(5)6)18-15-34(40-16-10-17-41-34)14-13-33(7)27-20-25-24(28(38-8)11-12-29(25)39-9)19-26(27)30(36)31(37)32(33)35/h11-12,19-23,37H,10,13-14,16-17H2,1-9H3/t33-/m0/s1. The molecule has 8 heteroatoms. The van der Waals surface area contributed by atoms with Crippen molar-refractivity contribution in [1.29, 1.82) is 0 Å². The van der Waals surface area contributed by atoms with Crippen molar-refractivity contribution in [2.75, 3.05) is 27.4 Å². The zero-order chi connectivity index (χ0) is 31.0. The van der Waals surface area contributed by atoms with E-state index in [1.807, 2.05) is 24.3 Å². The number of hydrogen-bond acceptors (Lipinski definition) is 6. The molecule has 0 saturated carbocycles. The van der Waals surface area contributed by atoms with Gasteiger partial charge in [-0.15, -0.1) is 5.54 Å². The number of aliphatic hydroxyl groups is 1. The number of allylic oxidation sites excluding steroid dienone is 2. The van der Waals surface area contributed by atoms with Gasteiger partial charge in [0, 0.05) is 31.8 Å². The van der Waals surface area contributed by atoms with Gasteiger partial charge in [-0.25, -0.2) is 0 Å². The van der Waals surface area contributed by atoms with Gasteiger partial charge in [-0.05, 0) is 87.8 Å². The predicted molar refractivity (Wildman–Crippen MR) is 180 cm³/mol. The molecule has 0 radical (unpaired) electrons. The third kappa shape index (κ3) is 5.51. The maximum atomic E-state index is 13.4. The Kier molecular flexibility index (Phi) is 9.78. The van der Waals surface area contributed by atoms with Gasteiger partial charge >= 0.3 is 0 Å². The zero-order valence-corrected chi connectivity index (χ0v) is 29.6. The number of fused-ring (bicyclic) bond motifs is 2. The van der Waals surface area contributed by atoms with Crippen molar-refractivity contribution in [2.45, 2.75) is 95.6 Å². The quantitative estimate of drug-likeness (QED) is 0.169. The Labute approximate surface area is 265 Å². The van der Waals surface area contributed by atoms with Crippen LogP contribution in [-0.2, 0) is 14.9 Å². The number of aliphatic hydroxyl groups excluding tert-OH is 1. The van der Waals surface area contributed by atoms with E-state index in [4.69, 9.17) is 18.9 Å². The minimum atomic E-state index is -2.03. The molecule has 228 valence electrons. The van der Waals surface area contributed by atoms with Crippen LogP contribution in [-0.4, -0.2) is 52.2 Å². The van der Waals surface area contributed by atoms with Gasteiger partial charge in [0.2, 0.25) is 11.6 Å². The highest BCUT2D eigenvalue weighted by atomic mass is 127. The molecule has 2 aromatic carbocycles. The van der Waals surface area contributed by atoms with Crippen LogP contribution in [0.2, 0.25) is 16.6 Å². The van der Waals surface area contributed by atoms with Crippen LogP contribution in [0, 0.1) is 11.5 Å². The minimum absolute atomic E-state index is 0.219. The Hall–Kier alpha value is -2.06. The van der Waals surface area contributed by atoms with Crippen molar-refractivity contribution >= 4 is 47.2 Å². The Morgan fingerprint density at radius 1 is 0.952 bits per heavy atom. The highest BCUT2D eigenvalue weighted by molar-refractivity contribution is 14.1. The molecule has 0 unspecified atom stereocenters. The highest BCUT2D eigenvalue weighted by Gasteiger charge is 2.46. The molecule has 4 rings (SSSR count). The van der Waals surface area contributed by atoms with Crippen molar-refractivity contribution in [3.63, 3.8) is 0 Å². The molecule has 0 amide bonds. The van der Waals surface area contributed by atoms with Gasteiger partial charge in [-0.2, -0.15) is 0 Å². The van der Waals surface area contributed by atoms with Crippen molar-refractivity contribution < 1.29 is 28.8 Å². The van der Waals surface area contributed by atoms with Crippen LogP contribution >= 0.6 is 22.6 Å². The molecule has 42 heavy (non-hydrogen) atoms. The Balaban J connectivity index is 1.84. The lowest BCUT2D eigenvalue weighted by atomic mass is 9.70. The van der Waals surface area contributed by atoms with Crippen LogP contribution in [0.5, 0.6) is 11.5 Å². The summed E-state index contributed by atoms with van der Waals surface area (Å²) in [6, 6.07) is 7.54. The maximum Gasteiger partial charge on any atom is 0.232 e. The SMILES string of the molecule is COc1ccc(OC)c2cc3c(cc12)C(=O)C(O)=C(I)[C@@]3(C)CCC1(C#C[Si](C(C)C)(C(C)C)C(C)C)OCCCO1. The van der Waals surface area contributed by atoms with Gasteiger partial charge < -0.3 is 24.1 Å². The number of ether oxygens (including phenoxy) is 4. The summed E-state index contributed by atoms with van der Waals surface area (Å²) in [5.74, 6) is 3.26. The summed E-state index contributed by atoms with van der Waals surface area (Å²) in [6.45, 7) is 17.1. The van der Waals surface area contributed by atoms with Gasteiger partial charge in [0.15, 0.2) is 5.76 Å². The number of carbonyl (C=O) groups excluding carboxylic acids is 1. The normalized spacial score (nSPS) is 20.6. The van der Waals surface area contributed by atoms with E-state index in [0.29, 0.717) is 63.3 Å². The first-order valence-electron chi connectivity index (χ1n) is 14.9. The second-order valence-corrected chi connectivity index (χ2v) is 19.3. The second kappa shape index (κ2) is 12.5. The molecule has 0 spiro atoms. The monoisotopic (exact) mass is 704 g/mol. The highest BCUT2D eigenvalue weighted by Crippen LogP contribution is 2.50. The molecule has 1 fully saturated rings. The van der Waals surface area contributed by atoms with Gasteiger partial charge in [0.25, 0.3) is 0 Å². The summed E-state index contributed by atoms with van der Waals surface area (Å²) < 4.78 is 24.7. The lowest BCUT2D eigenvalue weighted by molar-refractivity contribution is -0.234. The van der Waals surface area contributed by atoms with E-state index in [0.717, 1.165) is 22.8 Å². The smallest absolute Gasteiger partial charge is 0.232 e. The van der Waals surface area contributed by atoms with Crippen molar-refractivity contribution in [3.8, 4) is 23.0 Å². The van der Waals surface area contributed by atoms with Gasteiger partial charge in [-0.1, -0.05) is 48.5 Å². The molecule has 6 nitrogen and oxygen atoms in total. The molecule has 0 bridgehead atoms. The fourth-order valence-electron chi connectivity index (χ4n) is 7.09. The molecule has 2 aliphatic rings. The molecule has 1 saturated heterocycles. The van der Waals surface area contributed by atoms with Crippen LogP contribution in [0.4, 0.5) is 0 Å². The zero-order valence-electron chi connectivity index (χ0n) is 26.4. The fraction of sp³-hybridized carbons (Fsp3) is 0.559.